The van der Waals surface area contributed by atoms with Crippen molar-refractivity contribution in [2.24, 2.45) is 16.1 Å². The molecule has 6 heteroatoms. The molecule has 0 bridgehead atoms. The Labute approximate surface area is 148 Å². The van der Waals surface area contributed by atoms with Crippen molar-refractivity contribution in [2.75, 3.05) is 26.4 Å². The minimum Gasteiger partial charge on any atom is -0.493 e. The number of hydrogen-bond acceptors (Lipinski definition) is 3. The molecule has 0 saturated carbocycles. The van der Waals surface area contributed by atoms with Gasteiger partial charge in [0, 0.05) is 24.0 Å². The summed E-state index contributed by atoms with van der Waals surface area (Å²) in [6.07, 6.45) is 1.94. The van der Waals surface area contributed by atoms with Crippen LogP contribution in [0.2, 0.25) is 0 Å². The highest BCUT2D eigenvalue weighted by molar-refractivity contribution is 14.0. The number of rotatable bonds is 3. The third-order valence-electron chi connectivity index (χ3n) is 4.21. The van der Waals surface area contributed by atoms with Gasteiger partial charge in [0.15, 0.2) is 5.96 Å². The first-order valence-electron chi connectivity index (χ1n) is 7.52. The van der Waals surface area contributed by atoms with E-state index in [1.807, 2.05) is 18.2 Å². The van der Waals surface area contributed by atoms with Gasteiger partial charge >= 0.3 is 0 Å². The second kappa shape index (κ2) is 7.50. The monoisotopic (exact) mass is 417 g/mol. The molecule has 0 radical (unpaired) electrons. The molecule has 5 nitrogen and oxygen atoms in total. The molecule has 2 aliphatic heterocycles. The van der Waals surface area contributed by atoms with Crippen molar-refractivity contribution < 1.29 is 9.47 Å². The predicted octanol–water partition coefficient (Wildman–Crippen LogP) is 2.46. The number of guanidine groups is 1. The Morgan fingerprint density at radius 2 is 2.23 bits per heavy atom. The Balaban J connectivity index is 0.00000176. The molecular formula is C16H24IN3O2. The number of nitrogens with one attached hydrogen (secondary N) is 1. The van der Waals surface area contributed by atoms with Crippen LogP contribution in [-0.2, 0) is 4.74 Å². The maximum Gasteiger partial charge on any atom is 0.189 e. The maximum atomic E-state index is 6.06. The quantitative estimate of drug-likeness (QED) is 0.451. The van der Waals surface area contributed by atoms with E-state index < -0.39 is 0 Å². The maximum absolute atomic E-state index is 6.06. The molecule has 0 amide bonds. The standard InChI is InChI=1S/C16H23N3O2.HI/c1-16(7-9-20-11-16)10-18-15(17)19-13-6-8-21-14-5-3-2-4-12(13)14;/h2-5,13H,6-11H2,1H3,(H3,17,18,19);1H. The van der Waals surface area contributed by atoms with Gasteiger partial charge in [0.1, 0.15) is 5.75 Å². The minimum absolute atomic E-state index is 0. The normalized spacial score (nSPS) is 27.5. The van der Waals surface area contributed by atoms with Gasteiger partial charge in [-0.25, -0.2) is 0 Å². The highest BCUT2D eigenvalue weighted by Crippen LogP contribution is 2.31. The van der Waals surface area contributed by atoms with Gasteiger partial charge in [-0.1, -0.05) is 25.1 Å². The lowest BCUT2D eigenvalue weighted by atomic mass is 9.90. The summed E-state index contributed by atoms with van der Waals surface area (Å²) in [6.45, 7) is 5.20. The van der Waals surface area contributed by atoms with E-state index in [2.05, 4.69) is 23.3 Å². The molecule has 1 aromatic rings. The van der Waals surface area contributed by atoms with Gasteiger partial charge in [-0.3, -0.25) is 4.99 Å². The molecule has 2 heterocycles. The van der Waals surface area contributed by atoms with E-state index in [1.54, 1.807) is 0 Å². The van der Waals surface area contributed by atoms with Gasteiger partial charge in [0.25, 0.3) is 0 Å². The summed E-state index contributed by atoms with van der Waals surface area (Å²) in [4.78, 5) is 4.51. The van der Waals surface area contributed by atoms with Crippen molar-refractivity contribution in [3.8, 4) is 5.75 Å². The Morgan fingerprint density at radius 3 is 3.00 bits per heavy atom. The summed E-state index contributed by atoms with van der Waals surface area (Å²) in [6, 6.07) is 8.25. The first kappa shape index (κ1) is 17.3. The first-order valence-corrected chi connectivity index (χ1v) is 7.52. The third kappa shape index (κ3) is 4.04. The molecule has 2 atom stereocenters. The average Bonchev–Trinajstić information content (AvgIpc) is 2.93. The minimum atomic E-state index is 0. The highest BCUT2D eigenvalue weighted by Gasteiger charge is 2.29. The summed E-state index contributed by atoms with van der Waals surface area (Å²) in [7, 11) is 0. The van der Waals surface area contributed by atoms with Crippen LogP contribution < -0.4 is 15.8 Å². The molecule has 2 unspecified atom stereocenters. The number of halogens is 1. The Morgan fingerprint density at radius 1 is 1.41 bits per heavy atom. The van der Waals surface area contributed by atoms with Crippen LogP contribution in [0.5, 0.6) is 5.75 Å². The Bertz CT molecular complexity index is 530. The van der Waals surface area contributed by atoms with Crippen LogP contribution >= 0.6 is 24.0 Å². The van der Waals surface area contributed by atoms with E-state index in [0.29, 0.717) is 19.1 Å². The zero-order valence-corrected chi connectivity index (χ0v) is 15.2. The van der Waals surface area contributed by atoms with Gasteiger partial charge in [-0.15, -0.1) is 24.0 Å². The summed E-state index contributed by atoms with van der Waals surface area (Å²) in [5.41, 5.74) is 7.33. The number of ether oxygens (including phenoxy) is 2. The van der Waals surface area contributed by atoms with Crippen LogP contribution in [0.1, 0.15) is 31.4 Å². The van der Waals surface area contributed by atoms with Crippen molar-refractivity contribution in [2.45, 2.75) is 25.8 Å². The van der Waals surface area contributed by atoms with Crippen molar-refractivity contribution in [3.05, 3.63) is 29.8 Å². The molecule has 1 saturated heterocycles. The lowest BCUT2D eigenvalue weighted by Gasteiger charge is -2.27. The van der Waals surface area contributed by atoms with Crippen LogP contribution in [0.15, 0.2) is 29.3 Å². The fourth-order valence-electron chi connectivity index (χ4n) is 2.83. The molecule has 122 valence electrons. The molecule has 0 spiro atoms. The van der Waals surface area contributed by atoms with Gasteiger partial charge in [0.05, 0.1) is 25.8 Å². The number of nitrogens with zero attached hydrogens (tertiary/aromatic N) is 1. The average molecular weight is 417 g/mol. The van der Waals surface area contributed by atoms with Gasteiger partial charge in [-0.2, -0.15) is 0 Å². The van der Waals surface area contributed by atoms with E-state index >= 15 is 0 Å². The zero-order valence-electron chi connectivity index (χ0n) is 12.9. The Hall–Kier alpha value is -1.02. The molecule has 0 aliphatic carbocycles. The van der Waals surface area contributed by atoms with Crippen LogP contribution in [0.3, 0.4) is 0 Å². The van der Waals surface area contributed by atoms with Crippen molar-refractivity contribution in [1.29, 1.82) is 0 Å². The largest absolute Gasteiger partial charge is 0.493 e. The van der Waals surface area contributed by atoms with E-state index in [9.17, 15) is 0 Å². The van der Waals surface area contributed by atoms with E-state index in [-0.39, 0.29) is 35.4 Å². The van der Waals surface area contributed by atoms with E-state index in [1.165, 1.54) is 0 Å². The Kier molecular flexibility index (Phi) is 5.91. The highest BCUT2D eigenvalue weighted by atomic mass is 127. The fraction of sp³-hybridized carbons (Fsp3) is 0.562. The number of benzene rings is 1. The van der Waals surface area contributed by atoms with Crippen molar-refractivity contribution >= 4 is 29.9 Å². The molecule has 22 heavy (non-hydrogen) atoms. The number of fused-ring (bicyclic) bond motifs is 1. The molecule has 1 fully saturated rings. The molecule has 3 rings (SSSR count). The lowest BCUT2D eigenvalue weighted by Crippen LogP contribution is -2.38. The van der Waals surface area contributed by atoms with Gasteiger partial charge in [-0.05, 0) is 12.5 Å². The number of aliphatic imine (C=N–C) groups is 1. The van der Waals surface area contributed by atoms with Gasteiger partial charge in [0.2, 0.25) is 0 Å². The van der Waals surface area contributed by atoms with Crippen LogP contribution in [0, 0.1) is 5.41 Å². The smallest absolute Gasteiger partial charge is 0.189 e. The lowest BCUT2D eigenvalue weighted by molar-refractivity contribution is 0.163. The summed E-state index contributed by atoms with van der Waals surface area (Å²) in [5.74, 6) is 1.44. The van der Waals surface area contributed by atoms with E-state index in [4.69, 9.17) is 15.2 Å². The number of nitrogens with two attached hydrogens (primary N) is 1. The molecule has 3 N–H and O–H groups in total. The predicted molar refractivity (Wildman–Crippen MR) is 97.9 cm³/mol. The first-order chi connectivity index (χ1) is 10.2. The third-order valence-corrected chi connectivity index (χ3v) is 4.21. The number of para-hydroxylation sites is 1. The van der Waals surface area contributed by atoms with Crippen LogP contribution in [0.4, 0.5) is 0 Å². The summed E-state index contributed by atoms with van der Waals surface area (Å²) >= 11 is 0. The number of hydrogen-bond donors (Lipinski definition) is 2. The van der Waals surface area contributed by atoms with Crippen molar-refractivity contribution in [3.63, 3.8) is 0 Å². The topological polar surface area (TPSA) is 68.9 Å². The fourth-order valence-corrected chi connectivity index (χ4v) is 2.83. The summed E-state index contributed by atoms with van der Waals surface area (Å²) in [5, 5.41) is 3.32. The molecular weight excluding hydrogens is 393 g/mol. The SMILES string of the molecule is CC1(CN=C(N)NC2CCOc3ccccc32)CCOC1.I. The second-order valence-electron chi connectivity index (χ2n) is 6.19. The van der Waals surface area contributed by atoms with Crippen LogP contribution in [0.25, 0.3) is 0 Å². The molecule has 0 aromatic heterocycles. The summed E-state index contributed by atoms with van der Waals surface area (Å²) < 4.78 is 11.1. The second-order valence-corrected chi connectivity index (χ2v) is 6.19. The van der Waals surface area contributed by atoms with Gasteiger partial charge < -0.3 is 20.5 Å². The van der Waals surface area contributed by atoms with Crippen molar-refractivity contribution in [1.82, 2.24) is 5.32 Å². The zero-order chi connectivity index (χ0) is 14.7. The molecule has 2 aliphatic rings. The molecule has 1 aromatic carbocycles. The van der Waals surface area contributed by atoms with E-state index in [0.717, 1.165) is 37.4 Å². The van der Waals surface area contributed by atoms with Crippen LogP contribution in [-0.4, -0.2) is 32.3 Å².